The van der Waals surface area contributed by atoms with Crippen molar-refractivity contribution in [2.45, 2.75) is 77.2 Å². The molecule has 9 nitrogen and oxygen atoms in total. The first-order valence-corrected chi connectivity index (χ1v) is 13.9. The van der Waals surface area contributed by atoms with Crippen LogP contribution in [0.3, 0.4) is 0 Å². The number of nitrogens with one attached hydrogen (secondary N) is 3. The fraction of sp³-hybridized carbons (Fsp3) is 0.517. The van der Waals surface area contributed by atoms with Gasteiger partial charge in [-0.05, 0) is 76.0 Å². The zero-order valence-electron chi connectivity index (χ0n) is 23.1. The topological polar surface area (TPSA) is 129 Å². The number of carbonyl (C=O) groups is 2. The molecule has 0 spiro atoms. The molecule has 2 amide bonds. The van der Waals surface area contributed by atoms with Gasteiger partial charge in [0.15, 0.2) is 0 Å². The number of benzene rings is 1. The highest BCUT2D eigenvalue weighted by Gasteiger charge is 2.34. The van der Waals surface area contributed by atoms with E-state index >= 15 is 0 Å². The second-order valence-corrected chi connectivity index (χ2v) is 11.3. The predicted molar refractivity (Wildman–Crippen MR) is 145 cm³/mol. The maximum atomic E-state index is 13.6. The number of nitrogens with zero attached hydrogens (tertiary/aromatic N) is 2. The van der Waals surface area contributed by atoms with Crippen LogP contribution in [0.4, 0.5) is 13.2 Å². The second-order valence-electron chi connectivity index (χ2n) is 11.3. The molecule has 0 aliphatic heterocycles. The normalized spacial score (nSPS) is 21.9. The number of hydrogen-bond donors (Lipinski definition) is 4. The SMILES string of the molecule is Cc1[nH]c2c(-c3cc(C(F)(F)F)ccc3OCC3CC3)ncnc2c1C(=O)N[C@H]1CC[C@H](NC(=O)[C@H](C)O)[C@H](C)C1. The summed E-state index contributed by atoms with van der Waals surface area (Å²) in [6.07, 6.45) is -0.445. The Labute approximate surface area is 235 Å². The first kappa shape index (κ1) is 28.8. The Balaban J connectivity index is 1.41. The fourth-order valence-corrected chi connectivity index (χ4v) is 5.42. The molecule has 2 fully saturated rings. The van der Waals surface area contributed by atoms with E-state index < -0.39 is 23.8 Å². The van der Waals surface area contributed by atoms with Crippen LogP contribution in [0.15, 0.2) is 24.5 Å². The molecule has 0 bridgehead atoms. The second kappa shape index (κ2) is 11.3. The molecule has 3 aromatic rings. The van der Waals surface area contributed by atoms with Gasteiger partial charge in [0.2, 0.25) is 5.91 Å². The predicted octanol–water partition coefficient (Wildman–Crippen LogP) is 4.52. The van der Waals surface area contributed by atoms with Gasteiger partial charge in [-0.3, -0.25) is 9.59 Å². The third-order valence-electron chi connectivity index (χ3n) is 7.94. The highest BCUT2D eigenvalue weighted by Crippen LogP contribution is 2.40. The molecule has 2 aliphatic rings. The standard InChI is InChI=1S/C29H34F3N5O4/c1-14-10-19(7-8-21(14)37-27(39)16(3)38)36-28(40)23-15(2)35-26-24(33-13-34-25(23)26)20-11-18(29(30,31)32)6-9-22(20)41-12-17-4-5-17/h6,9,11,13-14,16-17,19,21,35,38H,4-5,7-8,10,12H2,1-3H3,(H,36,40)(H,37,39)/t14-,16+,19+,21+/m1/s1. The largest absolute Gasteiger partial charge is 0.493 e. The lowest BCUT2D eigenvalue weighted by Gasteiger charge is -2.35. The van der Waals surface area contributed by atoms with Crippen molar-refractivity contribution in [3.8, 4) is 17.0 Å². The number of aromatic nitrogens is 3. The molecule has 0 unspecified atom stereocenters. The number of carbonyl (C=O) groups excluding carboxylic acids is 2. The van der Waals surface area contributed by atoms with Gasteiger partial charge in [0.25, 0.3) is 5.91 Å². The Kier molecular flexibility index (Phi) is 7.95. The van der Waals surface area contributed by atoms with Gasteiger partial charge in [-0.15, -0.1) is 0 Å². The zero-order chi connectivity index (χ0) is 29.5. The van der Waals surface area contributed by atoms with Gasteiger partial charge in [-0.25, -0.2) is 9.97 Å². The summed E-state index contributed by atoms with van der Waals surface area (Å²) in [7, 11) is 0. The summed E-state index contributed by atoms with van der Waals surface area (Å²) in [5, 5.41) is 15.4. The zero-order valence-corrected chi connectivity index (χ0v) is 23.1. The van der Waals surface area contributed by atoms with E-state index in [2.05, 4.69) is 25.6 Å². The number of alkyl halides is 3. The van der Waals surface area contributed by atoms with Crippen molar-refractivity contribution in [3.63, 3.8) is 0 Å². The van der Waals surface area contributed by atoms with Gasteiger partial charge >= 0.3 is 6.18 Å². The van der Waals surface area contributed by atoms with Crippen molar-refractivity contribution >= 4 is 22.8 Å². The van der Waals surface area contributed by atoms with Crippen molar-refractivity contribution in [2.24, 2.45) is 11.8 Å². The van der Waals surface area contributed by atoms with Crippen LogP contribution in [0.1, 0.15) is 67.6 Å². The summed E-state index contributed by atoms with van der Waals surface area (Å²) in [6.45, 7) is 5.52. The lowest BCUT2D eigenvalue weighted by atomic mass is 9.82. The monoisotopic (exact) mass is 573 g/mol. The van der Waals surface area contributed by atoms with Crippen LogP contribution in [0.2, 0.25) is 0 Å². The molecule has 220 valence electrons. The van der Waals surface area contributed by atoms with Gasteiger partial charge in [0.1, 0.15) is 29.4 Å². The minimum atomic E-state index is -4.55. The van der Waals surface area contributed by atoms with E-state index in [1.54, 1.807) is 6.92 Å². The van der Waals surface area contributed by atoms with Crippen LogP contribution >= 0.6 is 0 Å². The smallest absolute Gasteiger partial charge is 0.416 e. The molecule has 0 radical (unpaired) electrons. The number of ether oxygens (including phenoxy) is 1. The van der Waals surface area contributed by atoms with Gasteiger partial charge < -0.3 is 25.5 Å². The fourth-order valence-electron chi connectivity index (χ4n) is 5.42. The molecule has 2 saturated carbocycles. The number of aromatic amines is 1. The van der Waals surface area contributed by atoms with Gasteiger partial charge in [-0.2, -0.15) is 13.2 Å². The quantitative estimate of drug-likeness (QED) is 0.314. The Morgan fingerprint density at radius 1 is 1.17 bits per heavy atom. The van der Waals surface area contributed by atoms with E-state index in [0.717, 1.165) is 25.0 Å². The summed E-state index contributed by atoms with van der Waals surface area (Å²) in [5.41, 5.74) is 1.04. The van der Waals surface area contributed by atoms with Crippen LogP contribution in [-0.4, -0.2) is 56.7 Å². The highest BCUT2D eigenvalue weighted by atomic mass is 19.4. The van der Waals surface area contributed by atoms with E-state index in [4.69, 9.17) is 4.74 Å². The van der Waals surface area contributed by atoms with Crippen LogP contribution < -0.4 is 15.4 Å². The molecule has 1 aromatic carbocycles. The van der Waals surface area contributed by atoms with E-state index in [1.807, 2.05) is 6.92 Å². The van der Waals surface area contributed by atoms with Crippen LogP contribution in [0, 0.1) is 18.8 Å². The Bertz CT molecular complexity index is 1450. The summed E-state index contributed by atoms with van der Waals surface area (Å²) >= 11 is 0. The molecule has 2 heterocycles. The van der Waals surface area contributed by atoms with Crippen molar-refractivity contribution < 1.29 is 32.6 Å². The van der Waals surface area contributed by atoms with Crippen molar-refractivity contribution in [1.82, 2.24) is 25.6 Å². The molecular formula is C29H34F3N5O4. The number of H-pyrrole nitrogens is 1. The maximum absolute atomic E-state index is 13.6. The molecule has 5 rings (SSSR count). The Hall–Kier alpha value is -3.67. The summed E-state index contributed by atoms with van der Waals surface area (Å²) in [6, 6.07) is 3.09. The number of rotatable bonds is 8. The number of aryl methyl sites for hydroxylation is 1. The first-order valence-electron chi connectivity index (χ1n) is 13.9. The molecule has 2 aliphatic carbocycles. The average molecular weight is 574 g/mol. The number of halogens is 3. The van der Waals surface area contributed by atoms with Crippen molar-refractivity contribution in [3.05, 3.63) is 41.3 Å². The van der Waals surface area contributed by atoms with E-state index in [0.29, 0.717) is 54.1 Å². The molecule has 41 heavy (non-hydrogen) atoms. The summed E-state index contributed by atoms with van der Waals surface area (Å²) in [5.74, 6) is -0.0143. The number of hydrogen-bond acceptors (Lipinski definition) is 6. The number of aliphatic hydroxyl groups is 1. The summed E-state index contributed by atoms with van der Waals surface area (Å²) in [4.78, 5) is 37.2. The Morgan fingerprint density at radius 2 is 1.93 bits per heavy atom. The molecule has 2 aromatic heterocycles. The van der Waals surface area contributed by atoms with E-state index in [-0.39, 0.29) is 40.9 Å². The highest BCUT2D eigenvalue weighted by molar-refractivity contribution is 6.09. The average Bonchev–Trinajstić information content (AvgIpc) is 3.67. The van der Waals surface area contributed by atoms with Crippen LogP contribution in [0.25, 0.3) is 22.3 Å². The molecule has 4 N–H and O–H groups in total. The van der Waals surface area contributed by atoms with Gasteiger partial charge in [0.05, 0.1) is 23.3 Å². The third-order valence-corrected chi connectivity index (χ3v) is 7.94. The lowest BCUT2D eigenvalue weighted by molar-refractivity contribution is -0.137. The first-order chi connectivity index (χ1) is 19.4. The minimum Gasteiger partial charge on any atom is -0.493 e. The third kappa shape index (κ3) is 6.32. The number of fused-ring (bicyclic) bond motifs is 1. The molecule has 12 heteroatoms. The lowest BCUT2D eigenvalue weighted by Crippen LogP contribution is -2.49. The van der Waals surface area contributed by atoms with Crippen molar-refractivity contribution in [2.75, 3.05) is 6.61 Å². The van der Waals surface area contributed by atoms with Gasteiger partial charge in [0, 0.05) is 23.3 Å². The van der Waals surface area contributed by atoms with Crippen molar-refractivity contribution in [1.29, 1.82) is 0 Å². The van der Waals surface area contributed by atoms with Crippen LogP contribution in [0.5, 0.6) is 5.75 Å². The maximum Gasteiger partial charge on any atom is 0.416 e. The number of amides is 2. The molecule has 0 saturated heterocycles. The van der Waals surface area contributed by atoms with Gasteiger partial charge in [-0.1, -0.05) is 6.92 Å². The minimum absolute atomic E-state index is 0.0738. The van der Waals surface area contributed by atoms with E-state index in [1.165, 1.54) is 19.3 Å². The number of aliphatic hydroxyl groups excluding tert-OH is 1. The Morgan fingerprint density at radius 3 is 2.59 bits per heavy atom. The summed E-state index contributed by atoms with van der Waals surface area (Å²) < 4.78 is 46.8. The molecule has 4 atom stereocenters. The molecular weight excluding hydrogens is 539 g/mol. The van der Waals surface area contributed by atoms with E-state index in [9.17, 15) is 27.9 Å². The van der Waals surface area contributed by atoms with Crippen LogP contribution in [-0.2, 0) is 11.0 Å².